The second kappa shape index (κ2) is 9.69. The number of rotatable bonds is 7. The Kier molecular flexibility index (Phi) is 7.80. The van der Waals surface area contributed by atoms with Crippen molar-refractivity contribution >= 4 is 45.0 Å². The first kappa shape index (κ1) is 23.3. The van der Waals surface area contributed by atoms with Gasteiger partial charge in [-0.15, -0.1) is 12.4 Å². The second-order valence-corrected chi connectivity index (χ2v) is 8.22. The number of likely N-dealkylation sites (N-methyl/N-ethyl adjacent to an activating group) is 1. The fraction of sp³-hybridized carbons (Fsp3) is 0.476. The predicted octanol–water partition coefficient (Wildman–Crippen LogP) is 4.37. The number of thiazole rings is 1. The third-order valence-corrected chi connectivity index (χ3v) is 6.18. The maximum absolute atomic E-state index is 13.5. The number of hydrogen-bond donors (Lipinski definition) is 0. The van der Waals surface area contributed by atoms with Gasteiger partial charge in [-0.3, -0.25) is 14.4 Å². The van der Waals surface area contributed by atoms with Crippen LogP contribution < -0.4 is 4.90 Å². The Morgan fingerprint density at radius 1 is 1.10 bits per heavy atom. The fourth-order valence-corrected chi connectivity index (χ4v) is 4.69. The highest BCUT2D eigenvalue weighted by atomic mass is 35.5. The molecular weight excluding hydrogens is 406 g/mol. The third-order valence-electron chi connectivity index (χ3n) is 5.15. The van der Waals surface area contributed by atoms with Crippen molar-refractivity contribution in [2.24, 2.45) is 7.05 Å². The topological polar surface area (TPSA) is 54.3 Å². The van der Waals surface area contributed by atoms with Crippen LogP contribution in [0.2, 0.25) is 0 Å². The number of amides is 1. The van der Waals surface area contributed by atoms with E-state index in [1.165, 1.54) is 5.56 Å². The van der Waals surface area contributed by atoms with Gasteiger partial charge in [-0.1, -0.05) is 31.3 Å². The van der Waals surface area contributed by atoms with Gasteiger partial charge < -0.3 is 4.90 Å². The molecule has 2 aromatic heterocycles. The summed E-state index contributed by atoms with van der Waals surface area (Å²) in [6.45, 7) is 13.7. The summed E-state index contributed by atoms with van der Waals surface area (Å²) in [6.07, 6.45) is 1.74. The molecule has 3 aromatic rings. The van der Waals surface area contributed by atoms with Crippen molar-refractivity contribution in [3.8, 4) is 0 Å². The SMILES string of the molecule is CCN(CC)CCN(C(=O)c1c(C)cnn1C)c1nc2c(C)cc(C)cc2s1.Cl. The van der Waals surface area contributed by atoms with E-state index in [1.54, 1.807) is 22.2 Å². The Morgan fingerprint density at radius 2 is 1.79 bits per heavy atom. The van der Waals surface area contributed by atoms with Crippen molar-refractivity contribution in [3.05, 3.63) is 40.7 Å². The van der Waals surface area contributed by atoms with Gasteiger partial charge in [0.2, 0.25) is 0 Å². The van der Waals surface area contributed by atoms with Crippen LogP contribution in [0.15, 0.2) is 18.3 Å². The molecular formula is C21H30ClN5OS. The Hall–Kier alpha value is -1.96. The predicted molar refractivity (Wildman–Crippen MR) is 124 cm³/mol. The normalized spacial score (nSPS) is 11.1. The van der Waals surface area contributed by atoms with Crippen molar-refractivity contribution in [3.63, 3.8) is 0 Å². The minimum absolute atomic E-state index is 0. The molecule has 0 bridgehead atoms. The van der Waals surface area contributed by atoms with Crippen molar-refractivity contribution in [1.29, 1.82) is 0 Å². The van der Waals surface area contributed by atoms with Crippen molar-refractivity contribution < 1.29 is 4.79 Å². The van der Waals surface area contributed by atoms with Crippen molar-refractivity contribution in [2.45, 2.75) is 34.6 Å². The Labute approximate surface area is 182 Å². The lowest BCUT2D eigenvalue weighted by Crippen LogP contribution is -2.39. The smallest absolute Gasteiger partial charge is 0.278 e. The van der Waals surface area contributed by atoms with Gasteiger partial charge in [-0.2, -0.15) is 5.10 Å². The quantitative estimate of drug-likeness (QED) is 0.553. The van der Waals surface area contributed by atoms with Crippen LogP contribution >= 0.6 is 23.7 Å². The lowest BCUT2D eigenvalue weighted by Gasteiger charge is -2.25. The zero-order chi connectivity index (χ0) is 20.4. The van der Waals surface area contributed by atoms with E-state index < -0.39 is 0 Å². The van der Waals surface area contributed by atoms with E-state index in [0.717, 1.165) is 46.1 Å². The maximum Gasteiger partial charge on any atom is 0.278 e. The molecule has 29 heavy (non-hydrogen) atoms. The zero-order valence-corrected chi connectivity index (χ0v) is 19.7. The van der Waals surface area contributed by atoms with E-state index >= 15 is 0 Å². The zero-order valence-electron chi connectivity index (χ0n) is 18.0. The van der Waals surface area contributed by atoms with Crippen LogP contribution in [-0.2, 0) is 7.05 Å². The number of anilines is 1. The summed E-state index contributed by atoms with van der Waals surface area (Å²) in [4.78, 5) is 22.5. The number of aryl methyl sites for hydroxylation is 4. The average molecular weight is 436 g/mol. The van der Waals surface area contributed by atoms with E-state index in [0.29, 0.717) is 12.2 Å². The molecule has 1 aromatic carbocycles. The number of carbonyl (C=O) groups is 1. The molecule has 0 atom stereocenters. The summed E-state index contributed by atoms with van der Waals surface area (Å²) in [6, 6.07) is 4.28. The maximum atomic E-state index is 13.5. The first-order valence-electron chi connectivity index (χ1n) is 9.76. The van der Waals surface area contributed by atoms with Crippen LogP contribution in [0.5, 0.6) is 0 Å². The summed E-state index contributed by atoms with van der Waals surface area (Å²) >= 11 is 1.58. The highest BCUT2D eigenvalue weighted by Gasteiger charge is 2.26. The monoisotopic (exact) mass is 435 g/mol. The van der Waals surface area contributed by atoms with Gasteiger partial charge in [0.05, 0.1) is 16.4 Å². The molecule has 0 radical (unpaired) electrons. The summed E-state index contributed by atoms with van der Waals surface area (Å²) in [5.74, 6) is -0.0434. The number of fused-ring (bicyclic) bond motifs is 1. The summed E-state index contributed by atoms with van der Waals surface area (Å²) in [7, 11) is 1.81. The molecule has 0 aliphatic carbocycles. The van der Waals surface area contributed by atoms with Gasteiger partial charge >= 0.3 is 0 Å². The molecule has 2 heterocycles. The third kappa shape index (κ3) is 4.79. The minimum atomic E-state index is -0.0434. The van der Waals surface area contributed by atoms with Crippen LogP contribution in [0.1, 0.15) is 41.0 Å². The molecule has 0 unspecified atom stereocenters. The largest absolute Gasteiger partial charge is 0.302 e. The van der Waals surface area contributed by atoms with Crippen LogP contribution in [0.4, 0.5) is 5.13 Å². The average Bonchev–Trinajstić information content (AvgIpc) is 3.21. The van der Waals surface area contributed by atoms with E-state index in [-0.39, 0.29) is 18.3 Å². The Balaban J connectivity index is 0.00000300. The summed E-state index contributed by atoms with van der Waals surface area (Å²) in [5.41, 5.74) is 4.84. The lowest BCUT2D eigenvalue weighted by molar-refractivity contribution is 0.0974. The number of aromatic nitrogens is 3. The van der Waals surface area contributed by atoms with Gasteiger partial charge in [0.25, 0.3) is 5.91 Å². The summed E-state index contributed by atoms with van der Waals surface area (Å²) in [5, 5.41) is 5.00. The van der Waals surface area contributed by atoms with Crippen LogP contribution in [0.3, 0.4) is 0 Å². The van der Waals surface area contributed by atoms with Crippen LogP contribution in [-0.4, -0.2) is 51.8 Å². The molecule has 0 saturated carbocycles. The number of benzene rings is 1. The van der Waals surface area contributed by atoms with E-state index in [9.17, 15) is 4.79 Å². The molecule has 0 N–H and O–H groups in total. The highest BCUT2D eigenvalue weighted by molar-refractivity contribution is 7.22. The molecule has 6 nitrogen and oxygen atoms in total. The van der Waals surface area contributed by atoms with Crippen LogP contribution in [0.25, 0.3) is 10.2 Å². The number of nitrogens with zero attached hydrogens (tertiary/aromatic N) is 5. The molecule has 0 aliphatic rings. The van der Waals surface area contributed by atoms with E-state index in [1.807, 2.05) is 18.9 Å². The van der Waals surface area contributed by atoms with Gasteiger partial charge in [-0.05, 0) is 56.6 Å². The van der Waals surface area contributed by atoms with E-state index in [2.05, 4.69) is 49.8 Å². The number of hydrogen-bond acceptors (Lipinski definition) is 5. The molecule has 0 aliphatic heterocycles. The second-order valence-electron chi connectivity index (χ2n) is 7.21. The van der Waals surface area contributed by atoms with Crippen LogP contribution in [0, 0.1) is 20.8 Å². The first-order chi connectivity index (χ1) is 13.3. The Morgan fingerprint density at radius 3 is 2.38 bits per heavy atom. The van der Waals surface area contributed by atoms with Gasteiger partial charge in [0, 0.05) is 20.1 Å². The lowest BCUT2D eigenvalue weighted by atomic mass is 10.1. The molecule has 1 amide bonds. The number of halogens is 1. The van der Waals surface area contributed by atoms with Crippen molar-refractivity contribution in [1.82, 2.24) is 19.7 Å². The van der Waals surface area contributed by atoms with Gasteiger partial charge in [0.1, 0.15) is 5.69 Å². The molecule has 8 heteroatoms. The Bertz CT molecular complexity index is 973. The van der Waals surface area contributed by atoms with Gasteiger partial charge in [-0.25, -0.2) is 4.98 Å². The molecule has 158 valence electrons. The molecule has 0 saturated heterocycles. The molecule has 3 rings (SSSR count). The fourth-order valence-electron chi connectivity index (χ4n) is 3.52. The minimum Gasteiger partial charge on any atom is -0.302 e. The number of carbonyl (C=O) groups excluding carboxylic acids is 1. The molecule has 0 fully saturated rings. The van der Waals surface area contributed by atoms with Crippen molar-refractivity contribution in [2.75, 3.05) is 31.1 Å². The standard InChI is InChI=1S/C21H29N5OS.ClH/c1-7-25(8-2)9-10-26(20(27)19-16(5)13-22-24(19)6)21-23-18-15(4)11-14(3)12-17(18)28-21;/h11-13H,7-10H2,1-6H3;1H. The van der Waals surface area contributed by atoms with E-state index in [4.69, 9.17) is 4.98 Å². The first-order valence-corrected chi connectivity index (χ1v) is 10.6. The van der Waals surface area contributed by atoms with Gasteiger partial charge in [0.15, 0.2) is 5.13 Å². The summed E-state index contributed by atoms with van der Waals surface area (Å²) < 4.78 is 2.78. The highest BCUT2D eigenvalue weighted by Crippen LogP contribution is 2.32. The molecule has 0 spiro atoms.